The molecule has 2 rings (SSSR count). The summed E-state index contributed by atoms with van der Waals surface area (Å²) in [6.07, 6.45) is 0. The maximum absolute atomic E-state index is 9.28. The zero-order chi connectivity index (χ0) is 15.1. The van der Waals surface area contributed by atoms with Crippen molar-refractivity contribution < 1.29 is 19.3 Å². The first-order valence-electron chi connectivity index (χ1n) is 6.52. The first-order valence-corrected chi connectivity index (χ1v) is 7.31. The third-order valence-electron chi connectivity index (χ3n) is 2.86. The van der Waals surface area contributed by atoms with E-state index in [1.165, 1.54) is 0 Å². The fraction of sp³-hybridized carbons (Fsp3) is 0.250. The highest BCUT2D eigenvalue weighted by Gasteiger charge is 2.04. The fourth-order valence-corrected chi connectivity index (χ4v) is 2.20. The molecular formula is C16H17BrO4. The first kappa shape index (κ1) is 15.7. The molecule has 0 aliphatic heterocycles. The molecule has 5 heteroatoms. The number of benzene rings is 2. The number of ether oxygens (including phenoxy) is 3. The smallest absolute Gasteiger partial charge is 0.125 e. The molecule has 0 radical (unpaired) electrons. The Hall–Kier alpha value is -1.72. The minimum atomic E-state index is -0.0614. The van der Waals surface area contributed by atoms with Crippen molar-refractivity contribution in [2.75, 3.05) is 20.3 Å². The summed E-state index contributed by atoms with van der Waals surface area (Å²) in [6.45, 7) is 0.766. The lowest BCUT2D eigenvalue weighted by Crippen LogP contribution is -2.10. The number of aliphatic hydroxyl groups is 1. The van der Waals surface area contributed by atoms with Gasteiger partial charge in [-0.15, -0.1) is 0 Å². The maximum atomic E-state index is 9.28. The van der Waals surface area contributed by atoms with E-state index in [9.17, 15) is 5.11 Å². The first-order chi connectivity index (χ1) is 10.2. The van der Waals surface area contributed by atoms with Gasteiger partial charge in [0.15, 0.2) is 0 Å². The Labute approximate surface area is 132 Å². The molecule has 2 aromatic rings. The van der Waals surface area contributed by atoms with Crippen molar-refractivity contribution in [1.29, 1.82) is 0 Å². The van der Waals surface area contributed by atoms with Crippen LogP contribution in [0.4, 0.5) is 0 Å². The molecule has 112 valence electrons. The summed E-state index contributed by atoms with van der Waals surface area (Å²) in [5.74, 6) is 2.22. The summed E-state index contributed by atoms with van der Waals surface area (Å²) in [4.78, 5) is 0. The lowest BCUT2D eigenvalue weighted by atomic mass is 10.2. The maximum Gasteiger partial charge on any atom is 0.125 e. The van der Waals surface area contributed by atoms with Crippen LogP contribution in [0.25, 0.3) is 0 Å². The zero-order valence-electron chi connectivity index (χ0n) is 11.7. The summed E-state index contributed by atoms with van der Waals surface area (Å²) in [7, 11) is 1.63. The van der Waals surface area contributed by atoms with E-state index in [1.807, 2.05) is 42.5 Å². The molecule has 0 amide bonds. The molecule has 0 bridgehead atoms. The van der Waals surface area contributed by atoms with Crippen LogP contribution in [0.3, 0.4) is 0 Å². The van der Waals surface area contributed by atoms with Crippen molar-refractivity contribution in [3.8, 4) is 17.2 Å². The average molecular weight is 353 g/mol. The Kier molecular flexibility index (Phi) is 5.90. The highest BCUT2D eigenvalue weighted by molar-refractivity contribution is 9.10. The predicted octanol–water partition coefficient (Wildman–Crippen LogP) is 3.41. The van der Waals surface area contributed by atoms with Crippen molar-refractivity contribution >= 4 is 15.9 Å². The van der Waals surface area contributed by atoms with Crippen molar-refractivity contribution in [3.63, 3.8) is 0 Å². The summed E-state index contributed by atoms with van der Waals surface area (Å²) in [6, 6.07) is 12.9. The molecule has 0 saturated carbocycles. The van der Waals surface area contributed by atoms with Crippen molar-refractivity contribution in [2.45, 2.75) is 6.61 Å². The highest BCUT2D eigenvalue weighted by atomic mass is 79.9. The van der Waals surface area contributed by atoms with Crippen LogP contribution < -0.4 is 14.2 Å². The Morgan fingerprint density at radius 2 is 1.62 bits per heavy atom. The lowest BCUT2D eigenvalue weighted by molar-refractivity contribution is 0.209. The van der Waals surface area contributed by atoms with E-state index in [0.29, 0.717) is 19.0 Å². The monoisotopic (exact) mass is 352 g/mol. The molecule has 0 aromatic heterocycles. The zero-order valence-corrected chi connectivity index (χ0v) is 13.3. The predicted molar refractivity (Wildman–Crippen MR) is 84.0 cm³/mol. The molecule has 0 unspecified atom stereocenters. The van der Waals surface area contributed by atoms with E-state index in [0.717, 1.165) is 21.5 Å². The number of hydrogen-bond donors (Lipinski definition) is 1. The molecule has 2 aromatic carbocycles. The molecule has 1 N–H and O–H groups in total. The van der Waals surface area contributed by atoms with Crippen molar-refractivity contribution in [1.82, 2.24) is 0 Å². The van der Waals surface area contributed by atoms with Gasteiger partial charge in [-0.2, -0.15) is 0 Å². The van der Waals surface area contributed by atoms with Crippen LogP contribution in [0.15, 0.2) is 46.9 Å². The summed E-state index contributed by atoms with van der Waals surface area (Å²) < 4.78 is 17.2. The third kappa shape index (κ3) is 4.65. The minimum absolute atomic E-state index is 0.0614. The van der Waals surface area contributed by atoms with E-state index in [1.54, 1.807) is 7.11 Å². The summed E-state index contributed by atoms with van der Waals surface area (Å²) >= 11 is 3.36. The van der Waals surface area contributed by atoms with Crippen LogP contribution in [0.2, 0.25) is 0 Å². The molecule has 21 heavy (non-hydrogen) atoms. The van der Waals surface area contributed by atoms with E-state index < -0.39 is 0 Å². The standard InChI is InChI=1S/C16H17BrO4/c1-19-14-3-5-15(6-4-14)20-8-9-21-16-7-2-13(17)10-12(16)11-18/h2-7,10,18H,8-9,11H2,1H3. The Bertz CT molecular complexity index is 569. The Morgan fingerprint density at radius 3 is 2.29 bits per heavy atom. The number of hydrogen-bond acceptors (Lipinski definition) is 4. The summed E-state index contributed by atoms with van der Waals surface area (Å²) in [5, 5.41) is 9.28. The van der Waals surface area contributed by atoms with Crippen LogP contribution in [-0.2, 0) is 6.61 Å². The van der Waals surface area contributed by atoms with Crippen LogP contribution >= 0.6 is 15.9 Å². The Balaban J connectivity index is 1.81. The van der Waals surface area contributed by atoms with Crippen LogP contribution in [0, 0.1) is 0 Å². The van der Waals surface area contributed by atoms with Gasteiger partial charge in [0, 0.05) is 10.0 Å². The van der Waals surface area contributed by atoms with E-state index in [-0.39, 0.29) is 6.61 Å². The molecule has 0 atom stereocenters. The van der Waals surface area contributed by atoms with Gasteiger partial charge in [0.05, 0.1) is 13.7 Å². The second kappa shape index (κ2) is 7.90. The normalized spacial score (nSPS) is 10.2. The summed E-state index contributed by atoms with van der Waals surface area (Å²) in [5.41, 5.74) is 0.744. The SMILES string of the molecule is COc1ccc(OCCOc2ccc(Br)cc2CO)cc1. The van der Waals surface area contributed by atoms with Gasteiger partial charge < -0.3 is 19.3 Å². The number of methoxy groups -OCH3 is 1. The molecule has 0 heterocycles. The quantitative estimate of drug-likeness (QED) is 0.775. The fourth-order valence-electron chi connectivity index (χ4n) is 1.80. The van der Waals surface area contributed by atoms with E-state index in [2.05, 4.69) is 15.9 Å². The second-order valence-electron chi connectivity index (χ2n) is 4.28. The second-order valence-corrected chi connectivity index (χ2v) is 5.20. The van der Waals surface area contributed by atoms with Gasteiger partial charge in [-0.3, -0.25) is 0 Å². The lowest BCUT2D eigenvalue weighted by Gasteiger charge is -2.11. The number of halogens is 1. The van der Waals surface area contributed by atoms with Gasteiger partial charge in [0.25, 0.3) is 0 Å². The molecule has 0 fully saturated rings. The van der Waals surface area contributed by atoms with Gasteiger partial charge in [-0.25, -0.2) is 0 Å². The topological polar surface area (TPSA) is 47.9 Å². The van der Waals surface area contributed by atoms with Crippen LogP contribution in [0.1, 0.15) is 5.56 Å². The van der Waals surface area contributed by atoms with Crippen LogP contribution in [-0.4, -0.2) is 25.4 Å². The molecular weight excluding hydrogens is 336 g/mol. The van der Waals surface area contributed by atoms with E-state index >= 15 is 0 Å². The van der Waals surface area contributed by atoms with Gasteiger partial charge >= 0.3 is 0 Å². The number of rotatable bonds is 7. The molecule has 4 nitrogen and oxygen atoms in total. The van der Waals surface area contributed by atoms with Gasteiger partial charge in [-0.1, -0.05) is 15.9 Å². The molecule has 0 aliphatic carbocycles. The largest absolute Gasteiger partial charge is 0.497 e. The van der Waals surface area contributed by atoms with Crippen molar-refractivity contribution in [2.24, 2.45) is 0 Å². The van der Waals surface area contributed by atoms with E-state index in [4.69, 9.17) is 14.2 Å². The average Bonchev–Trinajstić information content (AvgIpc) is 2.53. The molecule has 0 aliphatic rings. The third-order valence-corrected chi connectivity index (χ3v) is 3.36. The van der Waals surface area contributed by atoms with Gasteiger partial charge in [-0.05, 0) is 42.5 Å². The molecule has 0 saturated heterocycles. The van der Waals surface area contributed by atoms with Crippen molar-refractivity contribution in [3.05, 3.63) is 52.5 Å². The highest BCUT2D eigenvalue weighted by Crippen LogP contribution is 2.23. The number of aliphatic hydroxyl groups excluding tert-OH is 1. The Morgan fingerprint density at radius 1 is 0.952 bits per heavy atom. The molecule has 0 spiro atoms. The minimum Gasteiger partial charge on any atom is -0.497 e. The van der Waals surface area contributed by atoms with Gasteiger partial charge in [0.1, 0.15) is 30.5 Å². The van der Waals surface area contributed by atoms with Gasteiger partial charge in [0.2, 0.25) is 0 Å². The van der Waals surface area contributed by atoms with Crippen LogP contribution in [0.5, 0.6) is 17.2 Å².